The second kappa shape index (κ2) is 5.87. The minimum atomic E-state index is -3.29. The molecule has 0 atom stereocenters. The number of benzene rings is 2. The number of cyclic esters (lactones) is 1. The van der Waals surface area contributed by atoms with Crippen molar-refractivity contribution >= 4 is 27.0 Å². The summed E-state index contributed by atoms with van der Waals surface area (Å²) in [6.07, 6.45) is 1.14. The van der Waals surface area contributed by atoms with E-state index in [9.17, 15) is 17.6 Å². The summed E-state index contributed by atoms with van der Waals surface area (Å²) >= 11 is 0. The van der Waals surface area contributed by atoms with Gasteiger partial charge in [0.05, 0.1) is 10.5 Å². The van der Waals surface area contributed by atoms with E-state index < -0.39 is 15.8 Å². The summed E-state index contributed by atoms with van der Waals surface area (Å²) in [4.78, 5) is 12.4. The molecule has 2 aromatic carbocycles. The van der Waals surface area contributed by atoms with Gasteiger partial charge in [-0.15, -0.1) is 0 Å². The van der Waals surface area contributed by atoms with Crippen LogP contribution in [0.15, 0.2) is 47.4 Å². The molecule has 1 aliphatic rings. The normalized spacial score (nSPS) is 14.9. The van der Waals surface area contributed by atoms with Crippen LogP contribution >= 0.6 is 0 Å². The minimum Gasteiger partial charge on any atom is -0.457 e. The van der Waals surface area contributed by atoms with Gasteiger partial charge in [-0.1, -0.05) is 18.2 Å². The molecule has 0 spiro atoms. The van der Waals surface area contributed by atoms with E-state index in [2.05, 4.69) is 0 Å². The fourth-order valence-electron chi connectivity index (χ4n) is 2.72. The molecule has 4 nitrogen and oxygen atoms in total. The first-order chi connectivity index (χ1) is 11.3. The minimum absolute atomic E-state index is 0.100. The molecule has 2 aromatic rings. The molecule has 124 valence electrons. The zero-order chi connectivity index (χ0) is 17.5. The Kier molecular flexibility index (Phi) is 4.01. The molecule has 1 heterocycles. The van der Waals surface area contributed by atoms with Crippen molar-refractivity contribution in [1.82, 2.24) is 0 Å². The molecular weight excluding hydrogens is 331 g/mol. The fourth-order valence-corrected chi connectivity index (χ4v) is 3.35. The molecule has 24 heavy (non-hydrogen) atoms. The summed E-state index contributed by atoms with van der Waals surface area (Å²) in [6, 6.07) is 10.5. The van der Waals surface area contributed by atoms with Crippen LogP contribution in [0, 0.1) is 12.7 Å². The van der Waals surface area contributed by atoms with Gasteiger partial charge in [0.25, 0.3) is 0 Å². The van der Waals surface area contributed by atoms with Gasteiger partial charge in [-0.05, 0) is 47.9 Å². The zero-order valence-electron chi connectivity index (χ0n) is 13.2. The fraction of sp³-hybridized carbons (Fsp3) is 0.167. The highest BCUT2D eigenvalue weighted by atomic mass is 32.2. The van der Waals surface area contributed by atoms with Crippen LogP contribution in [-0.2, 0) is 19.4 Å². The quantitative estimate of drug-likeness (QED) is 0.802. The van der Waals surface area contributed by atoms with E-state index >= 15 is 0 Å². The summed E-state index contributed by atoms with van der Waals surface area (Å²) in [6.45, 7) is 1.82. The maximum Gasteiger partial charge on any atom is 0.339 e. The maximum atomic E-state index is 13.3. The molecule has 0 radical (unpaired) electrons. The first-order valence-corrected chi connectivity index (χ1v) is 9.14. The molecule has 0 fully saturated rings. The summed E-state index contributed by atoms with van der Waals surface area (Å²) in [5.74, 6) is -0.839. The van der Waals surface area contributed by atoms with Gasteiger partial charge in [0.15, 0.2) is 9.84 Å². The number of hydrogen-bond acceptors (Lipinski definition) is 4. The van der Waals surface area contributed by atoms with Crippen LogP contribution in [0.5, 0.6) is 0 Å². The van der Waals surface area contributed by atoms with Crippen molar-refractivity contribution in [2.24, 2.45) is 0 Å². The molecule has 0 unspecified atom stereocenters. The van der Waals surface area contributed by atoms with Crippen LogP contribution in [0.2, 0.25) is 0 Å². The van der Waals surface area contributed by atoms with Gasteiger partial charge in [-0.2, -0.15) is 0 Å². The number of halogens is 1. The number of carbonyl (C=O) groups is 1. The van der Waals surface area contributed by atoms with Crippen LogP contribution in [0.25, 0.3) is 11.1 Å². The number of ether oxygens (including phenoxy) is 1. The molecule has 0 N–H and O–H groups in total. The zero-order valence-corrected chi connectivity index (χ0v) is 14.0. The molecule has 0 bridgehead atoms. The SMILES string of the molecule is Cc1cc(F)ccc1C1=C(c2ccc(S(C)(=O)=O)cc2)COC1=O. The first kappa shape index (κ1) is 16.4. The number of hydrogen-bond donors (Lipinski definition) is 0. The van der Waals surface area contributed by atoms with E-state index in [1.807, 2.05) is 0 Å². The van der Waals surface area contributed by atoms with E-state index in [0.717, 1.165) is 6.26 Å². The van der Waals surface area contributed by atoms with Crippen LogP contribution in [-0.4, -0.2) is 27.2 Å². The lowest BCUT2D eigenvalue weighted by molar-refractivity contribution is -0.133. The molecular formula is C18H15FO4S. The highest BCUT2D eigenvalue weighted by Crippen LogP contribution is 2.34. The largest absolute Gasteiger partial charge is 0.457 e. The third-order valence-electron chi connectivity index (χ3n) is 3.94. The molecule has 0 aromatic heterocycles. The number of esters is 1. The lowest BCUT2D eigenvalue weighted by Crippen LogP contribution is -2.01. The van der Waals surface area contributed by atoms with Crippen LogP contribution in [0.1, 0.15) is 16.7 Å². The van der Waals surface area contributed by atoms with Crippen LogP contribution in [0.3, 0.4) is 0 Å². The molecule has 0 amide bonds. The maximum absolute atomic E-state index is 13.3. The Balaban J connectivity index is 2.13. The van der Waals surface area contributed by atoms with Crippen molar-refractivity contribution in [3.63, 3.8) is 0 Å². The molecule has 6 heteroatoms. The smallest absolute Gasteiger partial charge is 0.339 e. The van der Waals surface area contributed by atoms with Gasteiger partial charge in [0, 0.05) is 11.8 Å². The lowest BCUT2D eigenvalue weighted by Gasteiger charge is -2.08. The average Bonchev–Trinajstić information content (AvgIpc) is 2.88. The van der Waals surface area contributed by atoms with Crippen molar-refractivity contribution in [2.75, 3.05) is 12.9 Å². The Morgan fingerprint density at radius 1 is 1.08 bits per heavy atom. The first-order valence-electron chi connectivity index (χ1n) is 7.24. The van der Waals surface area contributed by atoms with E-state index in [0.29, 0.717) is 27.8 Å². The average molecular weight is 346 g/mol. The van der Waals surface area contributed by atoms with Crippen molar-refractivity contribution in [3.8, 4) is 0 Å². The summed E-state index contributed by atoms with van der Waals surface area (Å²) in [7, 11) is -3.29. The summed E-state index contributed by atoms with van der Waals surface area (Å²) in [5.41, 5.74) is 3.00. The Morgan fingerprint density at radius 2 is 1.75 bits per heavy atom. The molecule has 0 aliphatic carbocycles. The monoisotopic (exact) mass is 346 g/mol. The number of rotatable bonds is 3. The molecule has 3 rings (SSSR count). The van der Waals surface area contributed by atoms with E-state index in [-0.39, 0.29) is 17.3 Å². The molecule has 0 saturated heterocycles. The number of sulfone groups is 1. The van der Waals surface area contributed by atoms with Crippen molar-refractivity contribution in [1.29, 1.82) is 0 Å². The third kappa shape index (κ3) is 2.97. The Labute approximate surface area is 139 Å². The van der Waals surface area contributed by atoms with E-state index in [1.54, 1.807) is 25.1 Å². The van der Waals surface area contributed by atoms with Gasteiger partial charge in [-0.25, -0.2) is 17.6 Å². The third-order valence-corrected chi connectivity index (χ3v) is 5.07. The Bertz CT molecular complexity index is 957. The van der Waals surface area contributed by atoms with Crippen molar-refractivity contribution in [3.05, 3.63) is 65.0 Å². The van der Waals surface area contributed by atoms with Gasteiger partial charge in [0.1, 0.15) is 12.4 Å². The van der Waals surface area contributed by atoms with Gasteiger partial charge in [0.2, 0.25) is 0 Å². The predicted molar refractivity (Wildman–Crippen MR) is 88.5 cm³/mol. The van der Waals surface area contributed by atoms with E-state index in [4.69, 9.17) is 4.74 Å². The number of carbonyl (C=O) groups excluding carboxylic acids is 1. The highest BCUT2D eigenvalue weighted by molar-refractivity contribution is 7.90. The number of aryl methyl sites for hydroxylation is 1. The van der Waals surface area contributed by atoms with E-state index in [1.165, 1.54) is 24.3 Å². The van der Waals surface area contributed by atoms with Crippen molar-refractivity contribution < 1.29 is 22.3 Å². The standard InChI is InChI=1S/C18H15FO4S/c1-11-9-13(19)5-8-15(11)17-16(10-23-18(17)20)12-3-6-14(7-4-12)24(2,21)22/h3-9H,10H2,1-2H3. The summed E-state index contributed by atoms with van der Waals surface area (Å²) in [5, 5.41) is 0. The molecule has 1 aliphatic heterocycles. The van der Waals surface area contributed by atoms with Gasteiger partial charge < -0.3 is 4.74 Å². The Hall–Kier alpha value is -2.47. The second-order valence-electron chi connectivity index (χ2n) is 5.69. The summed E-state index contributed by atoms with van der Waals surface area (Å²) < 4.78 is 41.6. The lowest BCUT2D eigenvalue weighted by atomic mass is 9.94. The van der Waals surface area contributed by atoms with Crippen LogP contribution in [0.4, 0.5) is 4.39 Å². The van der Waals surface area contributed by atoms with Gasteiger partial charge in [-0.3, -0.25) is 0 Å². The Morgan fingerprint density at radius 3 is 2.33 bits per heavy atom. The predicted octanol–water partition coefficient (Wildman–Crippen LogP) is 3.01. The second-order valence-corrected chi connectivity index (χ2v) is 7.70. The topological polar surface area (TPSA) is 60.4 Å². The highest BCUT2D eigenvalue weighted by Gasteiger charge is 2.28. The van der Waals surface area contributed by atoms with Crippen LogP contribution < -0.4 is 0 Å². The van der Waals surface area contributed by atoms with Crippen molar-refractivity contribution in [2.45, 2.75) is 11.8 Å². The van der Waals surface area contributed by atoms with Gasteiger partial charge >= 0.3 is 5.97 Å². The molecule has 0 saturated carbocycles.